The van der Waals surface area contributed by atoms with Gasteiger partial charge in [0.05, 0.1) is 19.0 Å². The van der Waals surface area contributed by atoms with Crippen LogP contribution in [0.4, 0.5) is 0 Å². The molecular formula is C18H34N8O6. The molecule has 0 aliphatic rings. The highest BCUT2D eigenvalue weighted by Crippen LogP contribution is 2.03. The van der Waals surface area contributed by atoms with Crippen molar-refractivity contribution >= 4 is 35.6 Å². The van der Waals surface area contributed by atoms with Crippen molar-refractivity contribution in [2.75, 3.05) is 13.1 Å². The largest absolute Gasteiger partial charge is 0.480 e. The van der Waals surface area contributed by atoms with E-state index in [1.54, 1.807) is 0 Å². The van der Waals surface area contributed by atoms with Crippen molar-refractivity contribution in [3.8, 4) is 0 Å². The third-order valence-electron chi connectivity index (χ3n) is 4.10. The number of carbonyl (C=O) groups excluding carboxylic acids is 4. The van der Waals surface area contributed by atoms with Crippen LogP contribution in [-0.4, -0.2) is 71.9 Å². The molecule has 3 unspecified atom stereocenters. The standard InChI is InChI=1S/C18H34N8O6/c1-9(2)6-10(19)15(29)24-8-14(28)25-11(4-3-5-23-18(21)22)16(30)26-12(17(31)32)7-13(20)27/h9-12H,3-8,19H2,1-2H3,(H2,20,27)(H,24,29)(H,25,28)(H,26,30)(H,31,32)(H4,21,22,23). The van der Waals surface area contributed by atoms with E-state index >= 15 is 0 Å². The molecule has 0 aliphatic carbocycles. The summed E-state index contributed by atoms with van der Waals surface area (Å²) in [5, 5.41) is 16.1. The number of hydrogen-bond donors (Lipinski definition) is 8. The molecule has 0 saturated carbocycles. The van der Waals surface area contributed by atoms with Crippen LogP contribution in [0.25, 0.3) is 0 Å². The summed E-state index contributed by atoms with van der Waals surface area (Å²) in [5.41, 5.74) is 21.2. The summed E-state index contributed by atoms with van der Waals surface area (Å²) >= 11 is 0. The van der Waals surface area contributed by atoms with Gasteiger partial charge >= 0.3 is 5.97 Å². The molecule has 14 heteroatoms. The molecule has 4 amide bonds. The minimum atomic E-state index is -1.56. The lowest BCUT2D eigenvalue weighted by atomic mass is 10.0. The zero-order valence-electron chi connectivity index (χ0n) is 18.3. The molecule has 3 atom stereocenters. The van der Waals surface area contributed by atoms with Gasteiger partial charge in [-0.1, -0.05) is 13.8 Å². The average Bonchev–Trinajstić information content (AvgIpc) is 2.66. The van der Waals surface area contributed by atoms with Crippen LogP contribution < -0.4 is 38.9 Å². The molecule has 0 aromatic rings. The Bertz CT molecular complexity index is 708. The zero-order chi connectivity index (χ0) is 24.8. The number of rotatable bonds is 15. The quantitative estimate of drug-likeness (QED) is 0.0685. The van der Waals surface area contributed by atoms with Crippen molar-refractivity contribution in [1.29, 1.82) is 0 Å². The van der Waals surface area contributed by atoms with E-state index < -0.39 is 60.7 Å². The Labute approximate surface area is 185 Å². The van der Waals surface area contributed by atoms with Crippen molar-refractivity contribution < 1.29 is 29.1 Å². The van der Waals surface area contributed by atoms with Crippen molar-refractivity contribution in [2.45, 2.75) is 57.7 Å². The Morgan fingerprint density at radius 2 is 1.59 bits per heavy atom. The van der Waals surface area contributed by atoms with Crippen LogP contribution in [0.15, 0.2) is 4.99 Å². The summed E-state index contributed by atoms with van der Waals surface area (Å²) in [6.45, 7) is 3.51. The van der Waals surface area contributed by atoms with Crippen molar-refractivity contribution in [3.63, 3.8) is 0 Å². The highest BCUT2D eigenvalue weighted by atomic mass is 16.4. The summed E-state index contributed by atoms with van der Waals surface area (Å²) in [4.78, 5) is 62.8. The number of nitrogens with two attached hydrogens (primary N) is 4. The predicted molar refractivity (Wildman–Crippen MR) is 116 cm³/mol. The molecule has 32 heavy (non-hydrogen) atoms. The number of aliphatic imine (C=N–C) groups is 1. The average molecular weight is 459 g/mol. The Balaban J connectivity index is 5.06. The monoisotopic (exact) mass is 458 g/mol. The van der Waals surface area contributed by atoms with Crippen LogP contribution in [0.5, 0.6) is 0 Å². The van der Waals surface area contributed by atoms with E-state index in [9.17, 15) is 24.0 Å². The fourth-order valence-electron chi connectivity index (χ4n) is 2.60. The second-order valence-corrected chi connectivity index (χ2v) is 7.59. The van der Waals surface area contributed by atoms with Gasteiger partial charge in [0.1, 0.15) is 12.1 Å². The lowest BCUT2D eigenvalue weighted by molar-refractivity contribution is -0.143. The maximum Gasteiger partial charge on any atom is 0.326 e. The first-order valence-corrected chi connectivity index (χ1v) is 10.0. The van der Waals surface area contributed by atoms with Crippen LogP contribution in [-0.2, 0) is 24.0 Å². The van der Waals surface area contributed by atoms with Crippen molar-refractivity contribution in [1.82, 2.24) is 16.0 Å². The third kappa shape index (κ3) is 13.0. The smallest absolute Gasteiger partial charge is 0.326 e. The van der Waals surface area contributed by atoms with Gasteiger partial charge in [0.15, 0.2) is 5.96 Å². The van der Waals surface area contributed by atoms with Gasteiger partial charge in [-0.2, -0.15) is 0 Å². The highest BCUT2D eigenvalue weighted by Gasteiger charge is 2.27. The molecule has 12 N–H and O–H groups in total. The van der Waals surface area contributed by atoms with Crippen LogP contribution >= 0.6 is 0 Å². The number of primary amides is 1. The molecule has 0 saturated heterocycles. The molecule has 0 bridgehead atoms. The zero-order valence-corrected chi connectivity index (χ0v) is 18.3. The number of carbonyl (C=O) groups is 5. The summed E-state index contributed by atoms with van der Waals surface area (Å²) in [6, 6.07) is -3.52. The van der Waals surface area contributed by atoms with Crippen LogP contribution in [0.2, 0.25) is 0 Å². The minimum absolute atomic E-state index is 0.0536. The Kier molecular flexibility index (Phi) is 13.0. The molecule has 0 radical (unpaired) electrons. The number of aliphatic carboxylic acids is 1. The number of carboxylic acid groups (broad SMARTS) is 1. The van der Waals surface area contributed by atoms with Gasteiger partial charge in [-0.3, -0.25) is 24.2 Å². The van der Waals surface area contributed by atoms with Crippen LogP contribution in [0.3, 0.4) is 0 Å². The third-order valence-corrected chi connectivity index (χ3v) is 4.10. The highest BCUT2D eigenvalue weighted by molar-refractivity contribution is 5.93. The van der Waals surface area contributed by atoms with Crippen LogP contribution in [0, 0.1) is 5.92 Å². The van der Waals surface area contributed by atoms with Crippen molar-refractivity contribution in [2.24, 2.45) is 33.8 Å². The lowest BCUT2D eigenvalue weighted by Gasteiger charge is -2.21. The molecule has 14 nitrogen and oxygen atoms in total. The molecule has 182 valence electrons. The number of guanidine groups is 1. The number of carboxylic acids is 1. The summed E-state index contributed by atoms with van der Waals surface area (Å²) in [6.07, 6.45) is 0.132. The SMILES string of the molecule is CC(C)CC(N)C(=O)NCC(=O)NC(CCCN=C(N)N)C(=O)NC(CC(N)=O)C(=O)O. The first-order valence-electron chi connectivity index (χ1n) is 10.0. The van der Waals surface area contributed by atoms with Gasteiger partial charge in [-0.15, -0.1) is 0 Å². The minimum Gasteiger partial charge on any atom is -0.480 e. The second-order valence-electron chi connectivity index (χ2n) is 7.59. The summed E-state index contributed by atoms with van der Waals surface area (Å²) in [5.74, 6) is -4.41. The number of amides is 4. The fourth-order valence-corrected chi connectivity index (χ4v) is 2.60. The first-order chi connectivity index (χ1) is 14.8. The maximum atomic E-state index is 12.5. The van der Waals surface area contributed by atoms with Gasteiger partial charge in [-0.25, -0.2) is 4.79 Å². The Morgan fingerprint density at radius 1 is 0.969 bits per heavy atom. The Morgan fingerprint density at radius 3 is 2.09 bits per heavy atom. The molecule has 0 aromatic carbocycles. The van der Waals surface area contributed by atoms with E-state index in [-0.39, 0.29) is 31.3 Å². The summed E-state index contributed by atoms with van der Waals surface area (Å²) < 4.78 is 0. The first kappa shape index (κ1) is 28.6. The van der Waals surface area contributed by atoms with E-state index in [1.165, 1.54) is 0 Å². The molecule has 0 heterocycles. The molecular weight excluding hydrogens is 424 g/mol. The summed E-state index contributed by atoms with van der Waals surface area (Å²) in [7, 11) is 0. The number of nitrogens with zero attached hydrogens (tertiary/aromatic N) is 1. The molecule has 0 spiro atoms. The molecule has 0 rings (SSSR count). The lowest BCUT2D eigenvalue weighted by Crippen LogP contribution is -2.54. The van der Waals surface area contributed by atoms with E-state index in [2.05, 4.69) is 20.9 Å². The van der Waals surface area contributed by atoms with E-state index in [1.807, 2.05) is 13.8 Å². The van der Waals surface area contributed by atoms with Gasteiger partial charge in [0.2, 0.25) is 23.6 Å². The predicted octanol–water partition coefficient (Wildman–Crippen LogP) is -3.54. The van der Waals surface area contributed by atoms with Crippen LogP contribution in [0.1, 0.15) is 39.5 Å². The van der Waals surface area contributed by atoms with E-state index in [0.717, 1.165) is 0 Å². The van der Waals surface area contributed by atoms with Gasteiger partial charge < -0.3 is 44.0 Å². The molecule has 0 aliphatic heterocycles. The number of nitrogens with one attached hydrogen (secondary N) is 3. The van der Waals surface area contributed by atoms with Gasteiger partial charge in [0, 0.05) is 6.54 Å². The molecule has 0 fully saturated rings. The topological polar surface area (TPSA) is 258 Å². The molecule has 0 aromatic heterocycles. The second kappa shape index (κ2) is 14.6. The van der Waals surface area contributed by atoms with Gasteiger partial charge in [-0.05, 0) is 25.2 Å². The fraction of sp³-hybridized carbons (Fsp3) is 0.667. The van der Waals surface area contributed by atoms with Gasteiger partial charge in [0.25, 0.3) is 0 Å². The normalized spacial score (nSPS) is 13.4. The van der Waals surface area contributed by atoms with Crippen molar-refractivity contribution in [3.05, 3.63) is 0 Å². The van der Waals surface area contributed by atoms with E-state index in [0.29, 0.717) is 6.42 Å². The maximum absolute atomic E-state index is 12.5. The Hall–Kier alpha value is -3.42. The van der Waals surface area contributed by atoms with E-state index in [4.69, 9.17) is 28.0 Å². The number of hydrogen-bond acceptors (Lipinski definition) is 7.